The van der Waals surface area contributed by atoms with E-state index in [9.17, 15) is 9.59 Å². The first-order valence-corrected chi connectivity index (χ1v) is 8.75. The average molecular weight is 360 g/mol. The Morgan fingerprint density at radius 2 is 1.78 bits per heavy atom. The molecule has 0 spiro atoms. The molecular weight excluding hydrogens is 340 g/mol. The minimum absolute atomic E-state index is 0.0471. The van der Waals surface area contributed by atoms with Crippen LogP contribution in [0, 0.1) is 0 Å². The van der Waals surface area contributed by atoms with Gasteiger partial charge in [-0.3, -0.25) is 9.59 Å². The lowest BCUT2D eigenvalue weighted by atomic mass is 9.87. The van der Waals surface area contributed by atoms with Crippen molar-refractivity contribution in [1.29, 1.82) is 0 Å². The Kier molecular flexibility index (Phi) is 3.84. The van der Waals surface area contributed by atoms with Gasteiger partial charge in [-0.05, 0) is 35.2 Å². The molecule has 2 aromatic carbocycles. The Balaban J connectivity index is 1.70. The highest BCUT2D eigenvalue weighted by atomic mass is 16.2. The Morgan fingerprint density at radius 1 is 1.07 bits per heavy atom. The molecule has 0 saturated heterocycles. The van der Waals surface area contributed by atoms with Crippen molar-refractivity contribution >= 4 is 28.1 Å². The van der Waals surface area contributed by atoms with Gasteiger partial charge < -0.3 is 10.3 Å². The summed E-state index contributed by atoms with van der Waals surface area (Å²) in [6, 6.07) is 14.9. The first-order chi connectivity index (χ1) is 12.8. The Labute approximate surface area is 155 Å². The van der Waals surface area contributed by atoms with Crippen LogP contribution < -0.4 is 10.9 Å². The summed E-state index contributed by atoms with van der Waals surface area (Å²) in [6.07, 6.45) is 1.47. The molecule has 6 heteroatoms. The van der Waals surface area contributed by atoms with Crippen LogP contribution in [0.5, 0.6) is 0 Å². The van der Waals surface area contributed by atoms with Gasteiger partial charge in [-0.2, -0.15) is 5.10 Å². The molecule has 0 atom stereocenters. The second kappa shape index (κ2) is 6.09. The smallest absolute Gasteiger partial charge is 0.261 e. The minimum Gasteiger partial charge on any atom is -0.322 e. The number of aromatic nitrogens is 3. The second-order valence-corrected chi connectivity index (χ2v) is 7.57. The van der Waals surface area contributed by atoms with Gasteiger partial charge >= 0.3 is 0 Å². The molecule has 0 radical (unpaired) electrons. The van der Waals surface area contributed by atoms with Crippen LogP contribution in [0.1, 0.15) is 36.7 Å². The summed E-state index contributed by atoms with van der Waals surface area (Å²) in [6.45, 7) is 6.42. The van der Waals surface area contributed by atoms with E-state index >= 15 is 0 Å². The van der Waals surface area contributed by atoms with Gasteiger partial charge in [0.1, 0.15) is 11.2 Å². The standard InChI is InChI=1S/C21H20N4O2/c1-21(2,3)13-8-10-14(11-9-13)23-20(27)16-12-22-25-17-7-5-4-6-15(17)19(26)24-18(16)25/h4-12H,1-3H3,(H,23,27)(H,24,26). The molecule has 2 heterocycles. The monoisotopic (exact) mass is 360 g/mol. The number of hydrogen-bond acceptors (Lipinski definition) is 3. The highest BCUT2D eigenvalue weighted by Gasteiger charge is 2.17. The van der Waals surface area contributed by atoms with Gasteiger partial charge in [-0.25, -0.2) is 4.52 Å². The van der Waals surface area contributed by atoms with E-state index in [2.05, 4.69) is 36.2 Å². The van der Waals surface area contributed by atoms with Gasteiger partial charge in [0.15, 0.2) is 0 Å². The molecule has 4 aromatic rings. The van der Waals surface area contributed by atoms with E-state index in [1.54, 1.807) is 22.7 Å². The molecule has 4 rings (SSSR count). The molecular formula is C21H20N4O2. The number of H-pyrrole nitrogens is 1. The maximum absolute atomic E-state index is 12.7. The van der Waals surface area contributed by atoms with Crippen molar-refractivity contribution < 1.29 is 4.79 Å². The SMILES string of the molecule is CC(C)(C)c1ccc(NC(=O)c2cnn3c2[nH]c(=O)c2ccccc23)cc1. The third kappa shape index (κ3) is 2.99. The number of benzene rings is 2. The summed E-state index contributed by atoms with van der Waals surface area (Å²) in [5.74, 6) is -0.320. The third-order valence-corrected chi connectivity index (χ3v) is 4.63. The number of carbonyl (C=O) groups is 1. The largest absolute Gasteiger partial charge is 0.322 e. The number of anilines is 1. The lowest BCUT2D eigenvalue weighted by molar-refractivity contribution is 0.102. The number of nitrogens with zero attached hydrogens (tertiary/aromatic N) is 2. The van der Waals surface area contributed by atoms with Crippen LogP contribution in [0.15, 0.2) is 59.5 Å². The summed E-state index contributed by atoms with van der Waals surface area (Å²) in [5, 5.41) is 7.68. The zero-order valence-corrected chi connectivity index (χ0v) is 15.4. The van der Waals surface area contributed by atoms with Crippen LogP contribution in [0.2, 0.25) is 0 Å². The predicted octanol–water partition coefficient (Wildman–Crippen LogP) is 3.73. The van der Waals surface area contributed by atoms with E-state index in [4.69, 9.17) is 0 Å². The number of carbonyl (C=O) groups excluding carboxylic acids is 1. The quantitative estimate of drug-likeness (QED) is 0.572. The summed E-state index contributed by atoms with van der Waals surface area (Å²) < 4.78 is 1.58. The molecule has 27 heavy (non-hydrogen) atoms. The molecule has 0 aliphatic heterocycles. The molecule has 0 bridgehead atoms. The maximum Gasteiger partial charge on any atom is 0.261 e. The van der Waals surface area contributed by atoms with Gasteiger partial charge in [0.05, 0.1) is 17.1 Å². The molecule has 2 aromatic heterocycles. The second-order valence-electron chi connectivity index (χ2n) is 7.57. The van der Waals surface area contributed by atoms with E-state index < -0.39 is 0 Å². The van der Waals surface area contributed by atoms with Crippen LogP contribution in [0.25, 0.3) is 16.6 Å². The molecule has 6 nitrogen and oxygen atoms in total. The molecule has 0 fully saturated rings. The average Bonchev–Trinajstić information content (AvgIpc) is 3.06. The van der Waals surface area contributed by atoms with Crippen molar-refractivity contribution in [3.05, 3.63) is 76.2 Å². The van der Waals surface area contributed by atoms with E-state index in [0.29, 0.717) is 27.8 Å². The van der Waals surface area contributed by atoms with Crippen LogP contribution in [0.4, 0.5) is 5.69 Å². The molecule has 0 saturated carbocycles. The van der Waals surface area contributed by atoms with E-state index in [1.807, 2.05) is 30.3 Å². The van der Waals surface area contributed by atoms with Gasteiger partial charge in [0.25, 0.3) is 11.5 Å². The normalized spacial score (nSPS) is 11.8. The first kappa shape index (κ1) is 17.0. The van der Waals surface area contributed by atoms with Crippen molar-refractivity contribution in [3.63, 3.8) is 0 Å². The van der Waals surface area contributed by atoms with Gasteiger partial charge in [0.2, 0.25) is 0 Å². The van der Waals surface area contributed by atoms with Crippen molar-refractivity contribution in [2.45, 2.75) is 26.2 Å². The molecule has 136 valence electrons. The van der Waals surface area contributed by atoms with Crippen molar-refractivity contribution in [2.24, 2.45) is 0 Å². The molecule has 0 aliphatic carbocycles. The first-order valence-electron chi connectivity index (χ1n) is 8.75. The molecule has 0 unspecified atom stereocenters. The van der Waals surface area contributed by atoms with Crippen molar-refractivity contribution in [1.82, 2.24) is 14.6 Å². The number of nitrogens with one attached hydrogen (secondary N) is 2. The van der Waals surface area contributed by atoms with Gasteiger partial charge in [0, 0.05) is 5.69 Å². The predicted molar refractivity (Wildman–Crippen MR) is 106 cm³/mol. The highest BCUT2D eigenvalue weighted by Crippen LogP contribution is 2.24. The number of fused-ring (bicyclic) bond motifs is 3. The van der Waals surface area contributed by atoms with Crippen LogP contribution in [-0.4, -0.2) is 20.5 Å². The maximum atomic E-state index is 12.7. The van der Waals surface area contributed by atoms with Gasteiger partial charge in [-0.1, -0.05) is 45.0 Å². The fourth-order valence-corrected chi connectivity index (χ4v) is 3.09. The number of aromatic amines is 1. The lowest BCUT2D eigenvalue weighted by Crippen LogP contribution is -2.15. The summed E-state index contributed by atoms with van der Waals surface area (Å²) in [4.78, 5) is 27.8. The van der Waals surface area contributed by atoms with Gasteiger partial charge in [-0.15, -0.1) is 0 Å². The van der Waals surface area contributed by atoms with E-state index in [-0.39, 0.29) is 16.9 Å². The van der Waals surface area contributed by atoms with Crippen LogP contribution in [-0.2, 0) is 5.41 Å². The molecule has 1 amide bonds. The fourth-order valence-electron chi connectivity index (χ4n) is 3.09. The zero-order valence-electron chi connectivity index (χ0n) is 15.4. The molecule has 0 aliphatic rings. The summed E-state index contributed by atoms with van der Waals surface area (Å²) in [5.41, 5.74) is 3.03. The zero-order chi connectivity index (χ0) is 19.2. The van der Waals surface area contributed by atoms with E-state index in [0.717, 1.165) is 0 Å². The number of amides is 1. The van der Waals surface area contributed by atoms with Crippen molar-refractivity contribution in [2.75, 3.05) is 5.32 Å². The minimum atomic E-state index is -0.320. The van der Waals surface area contributed by atoms with Crippen LogP contribution >= 0.6 is 0 Å². The topological polar surface area (TPSA) is 79.3 Å². The highest BCUT2D eigenvalue weighted by molar-refractivity contribution is 6.08. The van der Waals surface area contributed by atoms with Crippen molar-refractivity contribution in [3.8, 4) is 0 Å². The third-order valence-electron chi connectivity index (χ3n) is 4.63. The van der Waals surface area contributed by atoms with E-state index in [1.165, 1.54) is 11.8 Å². The summed E-state index contributed by atoms with van der Waals surface area (Å²) in [7, 11) is 0. The Morgan fingerprint density at radius 3 is 2.48 bits per heavy atom. The summed E-state index contributed by atoms with van der Waals surface area (Å²) >= 11 is 0. The number of rotatable bonds is 2. The Hall–Kier alpha value is -3.41. The number of para-hydroxylation sites is 1. The van der Waals surface area contributed by atoms with Crippen LogP contribution in [0.3, 0.4) is 0 Å². The lowest BCUT2D eigenvalue weighted by Gasteiger charge is -2.19. The number of hydrogen-bond donors (Lipinski definition) is 2. The fraction of sp³-hybridized carbons (Fsp3) is 0.190. The Bertz CT molecular complexity index is 1210. The molecule has 2 N–H and O–H groups in total.